The fraction of sp³-hybridized carbons (Fsp3) is 0.720. The van der Waals surface area contributed by atoms with Gasteiger partial charge in [-0.15, -0.1) is 0 Å². The van der Waals surface area contributed by atoms with Crippen LogP contribution in [-0.2, 0) is 23.9 Å². The summed E-state index contributed by atoms with van der Waals surface area (Å²) in [4.78, 5) is 38.5. The highest BCUT2D eigenvalue weighted by Crippen LogP contribution is 2.71. The molecule has 6 nitrogen and oxygen atoms in total. The van der Waals surface area contributed by atoms with Crippen LogP contribution in [0.1, 0.15) is 61.8 Å². The van der Waals surface area contributed by atoms with Gasteiger partial charge in [-0.25, -0.2) is 4.79 Å². The minimum atomic E-state index is -1.13. The number of carbonyl (C=O) groups excluding carboxylic acids is 3. The second kappa shape index (κ2) is 7.88. The molecular formula is C25H36O6. The van der Waals surface area contributed by atoms with Crippen LogP contribution in [0.4, 0.5) is 0 Å². The Morgan fingerprint density at radius 1 is 1.23 bits per heavy atom. The normalized spacial score (nSPS) is 39.6. The predicted octanol–water partition coefficient (Wildman–Crippen LogP) is 3.62. The third-order valence-corrected chi connectivity index (χ3v) is 8.32. The van der Waals surface area contributed by atoms with E-state index in [1.54, 1.807) is 32.9 Å². The molecule has 8 unspecified atom stereocenters. The monoisotopic (exact) mass is 432 g/mol. The Morgan fingerprint density at radius 2 is 1.84 bits per heavy atom. The molecule has 1 N–H and O–H groups in total. The summed E-state index contributed by atoms with van der Waals surface area (Å²) in [5, 5.41) is 11.6. The van der Waals surface area contributed by atoms with Crippen molar-refractivity contribution in [2.45, 2.75) is 80.1 Å². The number of rotatable bonds is 5. The molecule has 4 bridgehead atoms. The van der Waals surface area contributed by atoms with E-state index in [1.165, 1.54) is 0 Å². The Bertz CT molecular complexity index is 852. The van der Waals surface area contributed by atoms with Crippen LogP contribution in [0, 0.1) is 34.5 Å². The number of allylic oxidation sites excluding steroid dienone is 3. The molecule has 0 amide bonds. The summed E-state index contributed by atoms with van der Waals surface area (Å²) in [5.41, 5.74) is -0.0976. The average molecular weight is 433 g/mol. The van der Waals surface area contributed by atoms with Gasteiger partial charge in [0, 0.05) is 22.3 Å². The quantitative estimate of drug-likeness (QED) is 0.527. The zero-order valence-electron chi connectivity index (χ0n) is 19.9. The lowest BCUT2D eigenvalue weighted by Crippen LogP contribution is -2.68. The van der Waals surface area contributed by atoms with Gasteiger partial charge < -0.3 is 14.6 Å². The number of aliphatic hydroxyl groups is 1. The van der Waals surface area contributed by atoms with E-state index in [4.69, 9.17) is 9.47 Å². The van der Waals surface area contributed by atoms with Crippen LogP contribution in [0.3, 0.4) is 0 Å². The maximum Gasteiger partial charge on any atom is 0.333 e. The number of ketones is 1. The Labute approximate surface area is 185 Å². The minimum absolute atomic E-state index is 0.0109. The summed E-state index contributed by atoms with van der Waals surface area (Å²) in [6.45, 7) is 14.8. The van der Waals surface area contributed by atoms with Crippen LogP contribution < -0.4 is 0 Å². The smallest absolute Gasteiger partial charge is 0.333 e. The molecule has 0 aromatic heterocycles. The van der Waals surface area contributed by atoms with Crippen LogP contribution in [0.15, 0.2) is 23.3 Å². The fourth-order valence-electron chi connectivity index (χ4n) is 6.15. The van der Waals surface area contributed by atoms with Crippen molar-refractivity contribution >= 4 is 17.7 Å². The minimum Gasteiger partial charge on any atom is -0.455 e. The SMILES string of the molecule is CC=C(C)C(=O)OC1C(OC(=O)C(C)CC)C(O)C2(C)C3C(=O)C=C(C)C2C3C1(C)C. The largest absolute Gasteiger partial charge is 0.455 e. The van der Waals surface area contributed by atoms with Crippen molar-refractivity contribution < 1.29 is 29.0 Å². The molecule has 4 aliphatic rings. The molecule has 172 valence electrons. The van der Waals surface area contributed by atoms with Crippen LogP contribution in [0.25, 0.3) is 0 Å². The van der Waals surface area contributed by atoms with E-state index >= 15 is 0 Å². The zero-order chi connectivity index (χ0) is 23.5. The van der Waals surface area contributed by atoms with Gasteiger partial charge in [-0.1, -0.05) is 46.3 Å². The molecule has 6 heteroatoms. The highest BCUT2D eigenvalue weighted by Gasteiger charge is 2.76. The second-order valence-corrected chi connectivity index (χ2v) is 10.4. The third-order valence-electron chi connectivity index (χ3n) is 8.32. The fourth-order valence-corrected chi connectivity index (χ4v) is 6.15. The molecule has 0 heterocycles. The molecule has 31 heavy (non-hydrogen) atoms. The molecule has 3 fully saturated rings. The first-order valence-corrected chi connectivity index (χ1v) is 11.3. The maximum absolute atomic E-state index is 13.0. The lowest BCUT2D eigenvalue weighted by molar-refractivity contribution is -0.201. The topological polar surface area (TPSA) is 89.9 Å². The molecule has 4 aliphatic carbocycles. The third kappa shape index (κ3) is 3.29. The predicted molar refractivity (Wildman–Crippen MR) is 116 cm³/mol. The van der Waals surface area contributed by atoms with Crippen LogP contribution in [0.5, 0.6) is 0 Å². The summed E-state index contributed by atoms with van der Waals surface area (Å²) in [5.74, 6) is -1.86. The molecule has 0 aromatic rings. The maximum atomic E-state index is 13.0. The van der Waals surface area contributed by atoms with Crippen molar-refractivity contribution in [2.24, 2.45) is 34.5 Å². The molecule has 0 aromatic carbocycles. The van der Waals surface area contributed by atoms with Crippen molar-refractivity contribution in [1.29, 1.82) is 0 Å². The van der Waals surface area contributed by atoms with Crippen molar-refractivity contribution in [1.82, 2.24) is 0 Å². The van der Waals surface area contributed by atoms with E-state index in [0.717, 1.165) is 5.57 Å². The van der Waals surface area contributed by atoms with Gasteiger partial charge in [0.25, 0.3) is 0 Å². The number of hydrogen-bond donors (Lipinski definition) is 1. The van der Waals surface area contributed by atoms with E-state index in [0.29, 0.717) is 12.0 Å². The van der Waals surface area contributed by atoms with Gasteiger partial charge in [0.05, 0.1) is 5.92 Å². The summed E-state index contributed by atoms with van der Waals surface area (Å²) in [6.07, 6.45) is 0.868. The molecule has 4 rings (SSSR count). The average Bonchev–Trinajstić information content (AvgIpc) is 2.78. The molecule has 3 saturated carbocycles. The van der Waals surface area contributed by atoms with Gasteiger partial charge in [0.2, 0.25) is 0 Å². The summed E-state index contributed by atoms with van der Waals surface area (Å²) in [7, 11) is 0. The van der Waals surface area contributed by atoms with E-state index in [9.17, 15) is 19.5 Å². The summed E-state index contributed by atoms with van der Waals surface area (Å²) >= 11 is 0. The second-order valence-electron chi connectivity index (χ2n) is 10.4. The summed E-state index contributed by atoms with van der Waals surface area (Å²) < 4.78 is 11.8. The molecular weight excluding hydrogens is 396 g/mol. The molecule has 0 spiro atoms. The van der Waals surface area contributed by atoms with Gasteiger partial charge in [-0.3, -0.25) is 9.59 Å². The molecule has 0 saturated heterocycles. The van der Waals surface area contributed by atoms with Gasteiger partial charge in [0.15, 0.2) is 11.9 Å². The molecule has 8 atom stereocenters. The Kier molecular flexibility index (Phi) is 6.02. The Morgan fingerprint density at radius 3 is 2.35 bits per heavy atom. The van der Waals surface area contributed by atoms with Gasteiger partial charge >= 0.3 is 11.9 Å². The van der Waals surface area contributed by atoms with Gasteiger partial charge in [0.1, 0.15) is 12.2 Å². The van der Waals surface area contributed by atoms with E-state index < -0.39 is 47.0 Å². The van der Waals surface area contributed by atoms with Gasteiger partial charge in [-0.2, -0.15) is 0 Å². The van der Waals surface area contributed by atoms with E-state index in [2.05, 4.69) is 0 Å². The van der Waals surface area contributed by atoms with Crippen molar-refractivity contribution in [3.63, 3.8) is 0 Å². The van der Waals surface area contributed by atoms with Crippen LogP contribution >= 0.6 is 0 Å². The molecule has 0 radical (unpaired) electrons. The van der Waals surface area contributed by atoms with Crippen LogP contribution in [-0.4, -0.2) is 41.1 Å². The summed E-state index contributed by atoms with van der Waals surface area (Å²) in [6, 6.07) is 0. The van der Waals surface area contributed by atoms with Crippen molar-refractivity contribution in [3.8, 4) is 0 Å². The number of fused-ring (bicyclic) bond motifs is 3. The number of hydrogen-bond acceptors (Lipinski definition) is 6. The van der Waals surface area contributed by atoms with Crippen molar-refractivity contribution in [2.75, 3.05) is 0 Å². The number of esters is 2. The Balaban J connectivity index is 2.12. The number of ether oxygens (including phenoxy) is 2. The Hall–Kier alpha value is -1.95. The lowest BCUT2D eigenvalue weighted by Gasteiger charge is -2.65. The first-order valence-electron chi connectivity index (χ1n) is 11.3. The van der Waals surface area contributed by atoms with E-state index in [-0.39, 0.29) is 23.5 Å². The highest BCUT2D eigenvalue weighted by molar-refractivity contribution is 5.97. The lowest BCUT2D eigenvalue weighted by atomic mass is 9.37. The van der Waals surface area contributed by atoms with Crippen molar-refractivity contribution in [3.05, 3.63) is 23.3 Å². The first-order chi connectivity index (χ1) is 14.3. The van der Waals surface area contributed by atoms with Crippen LogP contribution in [0.2, 0.25) is 0 Å². The van der Waals surface area contributed by atoms with E-state index in [1.807, 2.05) is 34.6 Å². The standard InChI is InChI=1S/C25H36O6/c1-9-12(3)22(28)30-19-20(27)25(8)16-14(5)11-15(26)17(25)18(16)24(6,7)21(19)31-23(29)13(4)10-2/h10-12,16-21,27H,9H2,1-8H3. The number of carbonyl (C=O) groups is 3. The highest BCUT2D eigenvalue weighted by atomic mass is 16.6. The van der Waals surface area contributed by atoms with Gasteiger partial charge in [-0.05, 0) is 45.1 Å². The zero-order valence-corrected chi connectivity index (χ0v) is 19.9. The number of aliphatic hydroxyl groups excluding tert-OH is 1. The first kappa shape index (κ1) is 23.7. The molecule has 0 aliphatic heterocycles.